The van der Waals surface area contributed by atoms with Gasteiger partial charge in [-0.25, -0.2) is 5.43 Å². The predicted molar refractivity (Wildman–Crippen MR) is 91.2 cm³/mol. The summed E-state index contributed by atoms with van der Waals surface area (Å²) in [4.78, 5) is 25.7. The summed E-state index contributed by atoms with van der Waals surface area (Å²) in [6.07, 6.45) is 2.75. The number of phenols is 1. The van der Waals surface area contributed by atoms with Crippen molar-refractivity contribution in [2.75, 3.05) is 11.4 Å². The molecule has 0 unspecified atom stereocenters. The van der Waals surface area contributed by atoms with Crippen molar-refractivity contribution in [1.82, 2.24) is 5.43 Å². The monoisotopic (exact) mass is 323 g/mol. The Morgan fingerprint density at radius 2 is 2.04 bits per heavy atom. The topological polar surface area (TPSA) is 82.0 Å². The highest BCUT2D eigenvalue weighted by Gasteiger charge is 2.22. The largest absolute Gasteiger partial charge is 0.507 e. The molecule has 2 amide bonds. The number of para-hydroxylation sites is 1. The van der Waals surface area contributed by atoms with E-state index in [-0.39, 0.29) is 17.6 Å². The number of nitrogens with one attached hydrogen (secondary N) is 1. The Labute approximate surface area is 139 Å². The number of rotatable bonds is 4. The Hall–Kier alpha value is -3.15. The normalized spacial score (nSPS) is 14.3. The fourth-order valence-electron chi connectivity index (χ4n) is 2.56. The highest BCUT2D eigenvalue weighted by molar-refractivity contribution is 5.99. The van der Waals surface area contributed by atoms with Crippen molar-refractivity contribution in [3.63, 3.8) is 0 Å². The maximum absolute atomic E-state index is 12.2. The van der Waals surface area contributed by atoms with Gasteiger partial charge in [0.15, 0.2) is 0 Å². The zero-order valence-electron chi connectivity index (χ0n) is 13.0. The molecule has 0 atom stereocenters. The SMILES string of the molecule is O=C(N/N=C\c1ccccc1O)c1cccc(N2CCCC2=O)c1. The van der Waals surface area contributed by atoms with Gasteiger partial charge in [0.05, 0.1) is 6.21 Å². The van der Waals surface area contributed by atoms with Gasteiger partial charge in [-0.15, -0.1) is 0 Å². The molecule has 1 fully saturated rings. The third-order valence-corrected chi connectivity index (χ3v) is 3.80. The second-order valence-electron chi connectivity index (χ2n) is 5.46. The lowest BCUT2D eigenvalue weighted by Gasteiger charge is -2.16. The molecule has 1 aliphatic heterocycles. The van der Waals surface area contributed by atoms with Crippen molar-refractivity contribution in [1.29, 1.82) is 0 Å². The molecule has 1 aliphatic rings. The molecule has 6 heteroatoms. The highest BCUT2D eigenvalue weighted by atomic mass is 16.3. The van der Waals surface area contributed by atoms with Gasteiger partial charge in [0.1, 0.15) is 5.75 Å². The minimum Gasteiger partial charge on any atom is -0.507 e. The van der Waals surface area contributed by atoms with Gasteiger partial charge in [-0.05, 0) is 36.8 Å². The first-order valence-corrected chi connectivity index (χ1v) is 7.67. The number of carbonyl (C=O) groups is 2. The Kier molecular flexibility index (Phi) is 4.56. The van der Waals surface area contributed by atoms with Crippen LogP contribution in [0.3, 0.4) is 0 Å². The highest BCUT2D eigenvalue weighted by Crippen LogP contribution is 2.22. The Morgan fingerprint density at radius 3 is 2.79 bits per heavy atom. The van der Waals surface area contributed by atoms with Gasteiger partial charge in [-0.2, -0.15) is 5.10 Å². The van der Waals surface area contributed by atoms with Crippen molar-refractivity contribution < 1.29 is 14.7 Å². The van der Waals surface area contributed by atoms with Crippen LogP contribution in [0.5, 0.6) is 5.75 Å². The van der Waals surface area contributed by atoms with Gasteiger partial charge in [0, 0.05) is 29.8 Å². The molecule has 122 valence electrons. The first-order valence-electron chi connectivity index (χ1n) is 7.67. The van der Waals surface area contributed by atoms with Gasteiger partial charge in [0.2, 0.25) is 5.91 Å². The number of benzene rings is 2. The van der Waals surface area contributed by atoms with Crippen LogP contribution in [-0.2, 0) is 4.79 Å². The molecule has 1 saturated heterocycles. The molecule has 0 spiro atoms. The van der Waals surface area contributed by atoms with E-state index >= 15 is 0 Å². The van der Waals surface area contributed by atoms with Crippen LogP contribution >= 0.6 is 0 Å². The number of phenolic OH excluding ortho intramolecular Hbond substituents is 1. The van der Waals surface area contributed by atoms with E-state index in [9.17, 15) is 14.7 Å². The molecule has 0 aromatic heterocycles. The molecule has 2 aromatic carbocycles. The van der Waals surface area contributed by atoms with Crippen molar-refractivity contribution in [3.05, 3.63) is 59.7 Å². The van der Waals surface area contributed by atoms with Crippen molar-refractivity contribution in [3.8, 4) is 5.75 Å². The summed E-state index contributed by atoms with van der Waals surface area (Å²) in [7, 11) is 0. The van der Waals surface area contributed by atoms with Crippen LogP contribution in [-0.4, -0.2) is 29.7 Å². The number of carbonyl (C=O) groups excluding carboxylic acids is 2. The van der Waals surface area contributed by atoms with Crippen LogP contribution in [0.1, 0.15) is 28.8 Å². The standard InChI is InChI=1S/C18H17N3O3/c22-16-8-2-1-5-14(16)12-19-20-18(24)13-6-3-7-15(11-13)21-10-4-9-17(21)23/h1-3,5-8,11-12,22H,4,9-10H2,(H,20,24)/b19-12-. The molecular weight excluding hydrogens is 306 g/mol. The Bertz CT molecular complexity index is 802. The van der Waals surface area contributed by atoms with E-state index in [4.69, 9.17) is 0 Å². The van der Waals surface area contributed by atoms with Crippen LogP contribution < -0.4 is 10.3 Å². The molecule has 6 nitrogen and oxygen atoms in total. The summed E-state index contributed by atoms with van der Waals surface area (Å²) in [5.41, 5.74) is 4.06. The molecule has 0 radical (unpaired) electrons. The van der Waals surface area contributed by atoms with E-state index in [1.807, 2.05) is 6.07 Å². The van der Waals surface area contributed by atoms with E-state index in [1.54, 1.807) is 47.4 Å². The smallest absolute Gasteiger partial charge is 0.271 e. The number of hydrogen-bond acceptors (Lipinski definition) is 4. The van der Waals surface area contributed by atoms with Gasteiger partial charge < -0.3 is 10.0 Å². The minimum atomic E-state index is -0.379. The van der Waals surface area contributed by atoms with Gasteiger partial charge in [-0.3, -0.25) is 9.59 Å². The fourth-order valence-corrected chi connectivity index (χ4v) is 2.56. The van der Waals surface area contributed by atoms with E-state index < -0.39 is 0 Å². The van der Waals surface area contributed by atoms with Gasteiger partial charge in [-0.1, -0.05) is 18.2 Å². The quantitative estimate of drug-likeness (QED) is 0.669. The maximum Gasteiger partial charge on any atom is 0.271 e. The first kappa shape index (κ1) is 15.7. The van der Waals surface area contributed by atoms with Crippen LogP contribution in [0.4, 0.5) is 5.69 Å². The van der Waals surface area contributed by atoms with E-state index in [1.165, 1.54) is 6.21 Å². The summed E-state index contributed by atoms with van der Waals surface area (Å²) < 4.78 is 0. The van der Waals surface area contributed by atoms with Crippen LogP contribution in [0, 0.1) is 0 Å². The van der Waals surface area contributed by atoms with Crippen molar-refractivity contribution in [2.24, 2.45) is 5.10 Å². The molecular formula is C18H17N3O3. The third-order valence-electron chi connectivity index (χ3n) is 3.80. The molecule has 0 aliphatic carbocycles. The van der Waals surface area contributed by atoms with Crippen molar-refractivity contribution >= 4 is 23.7 Å². The van der Waals surface area contributed by atoms with Crippen molar-refractivity contribution in [2.45, 2.75) is 12.8 Å². The average molecular weight is 323 g/mol. The number of nitrogens with zero attached hydrogens (tertiary/aromatic N) is 2. The lowest BCUT2D eigenvalue weighted by Crippen LogP contribution is -2.24. The number of amides is 2. The molecule has 0 saturated carbocycles. The fraction of sp³-hybridized carbons (Fsp3) is 0.167. The number of hydrazone groups is 1. The zero-order chi connectivity index (χ0) is 16.9. The second kappa shape index (κ2) is 6.95. The molecule has 24 heavy (non-hydrogen) atoms. The number of aromatic hydroxyl groups is 1. The van der Waals surface area contributed by atoms with Gasteiger partial charge >= 0.3 is 0 Å². The summed E-state index contributed by atoms with van der Waals surface area (Å²) in [6.45, 7) is 0.676. The second-order valence-corrected chi connectivity index (χ2v) is 5.46. The molecule has 1 heterocycles. The van der Waals surface area contributed by atoms with Gasteiger partial charge in [0.25, 0.3) is 5.91 Å². The van der Waals surface area contributed by atoms with E-state index in [0.717, 1.165) is 12.1 Å². The third kappa shape index (κ3) is 3.43. The molecule has 3 rings (SSSR count). The lowest BCUT2D eigenvalue weighted by molar-refractivity contribution is -0.117. The Balaban J connectivity index is 1.69. The maximum atomic E-state index is 12.2. The van der Waals surface area contributed by atoms with E-state index in [0.29, 0.717) is 24.1 Å². The van der Waals surface area contributed by atoms with E-state index in [2.05, 4.69) is 10.5 Å². The summed E-state index contributed by atoms with van der Waals surface area (Å²) in [5.74, 6) is -0.217. The summed E-state index contributed by atoms with van der Waals surface area (Å²) in [5, 5.41) is 13.5. The lowest BCUT2D eigenvalue weighted by atomic mass is 10.2. The minimum absolute atomic E-state index is 0.0742. The molecule has 0 bridgehead atoms. The number of anilines is 1. The van der Waals surface area contributed by atoms with Crippen LogP contribution in [0.15, 0.2) is 53.6 Å². The molecule has 2 aromatic rings. The molecule has 2 N–H and O–H groups in total. The average Bonchev–Trinajstić information content (AvgIpc) is 3.03. The predicted octanol–water partition coefficient (Wildman–Crippen LogP) is 2.28. The Morgan fingerprint density at radius 1 is 1.21 bits per heavy atom. The number of hydrogen-bond donors (Lipinski definition) is 2. The zero-order valence-corrected chi connectivity index (χ0v) is 13.0. The summed E-state index contributed by atoms with van der Waals surface area (Å²) >= 11 is 0. The summed E-state index contributed by atoms with van der Waals surface area (Å²) in [6, 6.07) is 13.6. The van der Waals surface area contributed by atoms with Crippen LogP contribution in [0.25, 0.3) is 0 Å². The van der Waals surface area contributed by atoms with Crippen LogP contribution in [0.2, 0.25) is 0 Å². The first-order chi connectivity index (χ1) is 11.6.